The average Bonchev–Trinajstić information content (AvgIpc) is 2.23. The molecule has 1 aromatic carbocycles. The molecule has 0 heterocycles. The van der Waals surface area contributed by atoms with Crippen molar-refractivity contribution in [1.29, 1.82) is 0 Å². The first-order valence-corrected chi connectivity index (χ1v) is 6.06. The second kappa shape index (κ2) is 4.10. The molecule has 2 atom stereocenters. The van der Waals surface area contributed by atoms with Crippen LogP contribution in [0.25, 0.3) is 0 Å². The Hall–Kier alpha value is -0.440. The Kier molecular flexibility index (Phi) is 3.08. The molecule has 2 unspecified atom stereocenters. The molecule has 0 aliphatic heterocycles. The number of nitrogens with one attached hydrogen (secondary N) is 1. The van der Waals surface area contributed by atoms with Crippen LogP contribution in [0.1, 0.15) is 20.3 Å². The molecule has 1 saturated carbocycles. The van der Waals surface area contributed by atoms with Gasteiger partial charge in [-0.05, 0) is 24.6 Å². The van der Waals surface area contributed by atoms with Gasteiger partial charge in [0.25, 0.3) is 0 Å². The van der Waals surface area contributed by atoms with Crippen LogP contribution in [0.5, 0.6) is 0 Å². The fourth-order valence-electron chi connectivity index (χ4n) is 1.94. The van der Waals surface area contributed by atoms with E-state index in [0.717, 1.165) is 12.1 Å². The van der Waals surface area contributed by atoms with Gasteiger partial charge in [0.05, 0.1) is 16.8 Å². The number of hydrogen-bond acceptors (Lipinski definition) is 2. The van der Waals surface area contributed by atoms with Gasteiger partial charge in [-0.25, -0.2) is 0 Å². The minimum Gasteiger partial charge on any atom is -0.392 e. The van der Waals surface area contributed by atoms with Crippen molar-refractivity contribution in [1.82, 2.24) is 0 Å². The highest BCUT2D eigenvalue weighted by Crippen LogP contribution is 2.43. The van der Waals surface area contributed by atoms with Gasteiger partial charge in [-0.2, -0.15) is 0 Å². The lowest BCUT2D eigenvalue weighted by Crippen LogP contribution is -2.56. The van der Waals surface area contributed by atoms with Crippen molar-refractivity contribution in [2.75, 3.05) is 5.32 Å². The van der Waals surface area contributed by atoms with Crippen LogP contribution in [0.15, 0.2) is 18.2 Å². The zero-order chi connectivity index (χ0) is 11.9. The van der Waals surface area contributed by atoms with Crippen LogP contribution in [-0.4, -0.2) is 17.3 Å². The monoisotopic (exact) mass is 259 g/mol. The molecule has 2 rings (SSSR count). The van der Waals surface area contributed by atoms with Gasteiger partial charge >= 0.3 is 0 Å². The van der Waals surface area contributed by atoms with Gasteiger partial charge < -0.3 is 10.4 Å². The second-order valence-corrected chi connectivity index (χ2v) is 5.74. The summed E-state index contributed by atoms with van der Waals surface area (Å²) in [7, 11) is 0. The van der Waals surface area contributed by atoms with Crippen LogP contribution in [0.4, 0.5) is 5.69 Å². The summed E-state index contributed by atoms with van der Waals surface area (Å²) in [5.41, 5.74) is 0.713. The van der Waals surface area contributed by atoms with Gasteiger partial charge in [-0.15, -0.1) is 0 Å². The molecule has 1 fully saturated rings. The summed E-state index contributed by atoms with van der Waals surface area (Å²) >= 11 is 12.0. The summed E-state index contributed by atoms with van der Waals surface area (Å²) in [4.78, 5) is 0. The minimum absolute atomic E-state index is 0.119. The highest BCUT2D eigenvalue weighted by Gasteiger charge is 2.47. The Balaban J connectivity index is 2.13. The van der Waals surface area contributed by atoms with E-state index in [9.17, 15) is 5.11 Å². The Morgan fingerprint density at radius 1 is 1.38 bits per heavy atom. The standard InChI is InChI=1S/C12H15Cl2NO/c1-12(2)10(6-11(12)16)15-9-5-7(13)3-4-8(9)14/h3-5,10-11,15-16H,6H2,1-2H3. The van der Waals surface area contributed by atoms with Crippen LogP contribution in [-0.2, 0) is 0 Å². The third-order valence-corrected chi connectivity index (χ3v) is 4.04. The maximum Gasteiger partial charge on any atom is 0.0638 e. The van der Waals surface area contributed by atoms with Crippen LogP contribution in [0, 0.1) is 5.41 Å². The predicted octanol–water partition coefficient (Wildman–Crippen LogP) is 3.56. The molecule has 0 aromatic heterocycles. The summed E-state index contributed by atoms with van der Waals surface area (Å²) in [6.45, 7) is 4.08. The summed E-state index contributed by atoms with van der Waals surface area (Å²) in [6.07, 6.45) is 0.499. The largest absolute Gasteiger partial charge is 0.392 e. The highest BCUT2D eigenvalue weighted by molar-refractivity contribution is 6.35. The fourth-order valence-corrected chi connectivity index (χ4v) is 2.29. The zero-order valence-electron chi connectivity index (χ0n) is 9.30. The molecule has 0 saturated heterocycles. The Morgan fingerprint density at radius 2 is 2.06 bits per heavy atom. The molecule has 0 spiro atoms. The zero-order valence-corrected chi connectivity index (χ0v) is 10.8. The number of hydrogen-bond donors (Lipinski definition) is 2. The van der Waals surface area contributed by atoms with Crippen molar-refractivity contribution in [3.8, 4) is 0 Å². The number of aliphatic hydroxyl groups excluding tert-OH is 1. The number of rotatable bonds is 2. The Bertz CT molecular complexity index is 406. The molecule has 4 heteroatoms. The third-order valence-electron chi connectivity index (χ3n) is 3.47. The molecule has 88 valence electrons. The first-order valence-electron chi connectivity index (χ1n) is 5.31. The molecule has 16 heavy (non-hydrogen) atoms. The van der Waals surface area contributed by atoms with E-state index in [2.05, 4.69) is 5.32 Å². The topological polar surface area (TPSA) is 32.3 Å². The number of aliphatic hydroxyl groups is 1. The van der Waals surface area contributed by atoms with Crippen LogP contribution in [0.2, 0.25) is 10.0 Å². The summed E-state index contributed by atoms with van der Waals surface area (Å²) in [5.74, 6) is 0. The molecule has 1 aliphatic rings. The van der Waals surface area contributed by atoms with Crippen LogP contribution >= 0.6 is 23.2 Å². The maximum atomic E-state index is 9.65. The second-order valence-electron chi connectivity index (χ2n) is 4.89. The quantitative estimate of drug-likeness (QED) is 0.852. The Morgan fingerprint density at radius 3 is 2.62 bits per heavy atom. The number of anilines is 1. The van der Waals surface area contributed by atoms with E-state index in [1.807, 2.05) is 19.9 Å². The van der Waals surface area contributed by atoms with E-state index in [4.69, 9.17) is 23.2 Å². The van der Waals surface area contributed by atoms with Crippen molar-refractivity contribution in [2.45, 2.75) is 32.4 Å². The summed E-state index contributed by atoms with van der Waals surface area (Å²) < 4.78 is 0. The molecule has 0 amide bonds. The highest BCUT2D eigenvalue weighted by atomic mass is 35.5. The first kappa shape index (κ1) is 12.0. The minimum atomic E-state index is -0.247. The van der Waals surface area contributed by atoms with Gasteiger partial charge in [0.2, 0.25) is 0 Å². The van der Waals surface area contributed by atoms with E-state index in [0.29, 0.717) is 10.0 Å². The summed E-state index contributed by atoms with van der Waals surface area (Å²) in [6, 6.07) is 5.58. The van der Waals surface area contributed by atoms with Crippen molar-refractivity contribution >= 4 is 28.9 Å². The average molecular weight is 260 g/mol. The number of benzene rings is 1. The lowest BCUT2D eigenvalue weighted by Gasteiger charge is -2.50. The third kappa shape index (κ3) is 2.02. The van der Waals surface area contributed by atoms with E-state index < -0.39 is 0 Å². The SMILES string of the molecule is CC1(C)C(O)CC1Nc1cc(Cl)ccc1Cl. The van der Waals surface area contributed by atoms with Crippen LogP contribution in [0.3, 0.4) is 0 Å². The molecule has 0 bridgehead atoms. The molecular formula is C12H15Cl2NO. The molecule has 1 aromatic rings. The molecular weight excluding hydrogens is 245 g/mol. The molecule has 1 aliphatic carbocycles. The van der Waals surface area contributed by atoms with E-state index in [-0.39, 0.29) is 17.6 Å². The van der Waals surface area contributed by atoms with Gasteiger partial charge in [0, 0.05) is 16.5 Å². The lowest BCUT2D eigenvalue weighted by molar-refractivity contribution is -0.0510. The molecule has 2 nitrogen and oxygen atoms in total. The van der Waals surface area contributed by atoms with Gasteiger partial charge in [-0.3, -0.25) is 0 Å². The van der Waals surface area contributed by atoms with Crippen molar-refractivity contribution in [3.05, 3.63) is 28.2 Å². The van der Waals surface area contributed by atoms with Crippen LogP contribution < -0.4 is 5.32 Å². The smallest absolute Gasteiger partial charge is 0.0638 e. The van der Waals surface area contributed by atoms with Crippen molar-refractivity contribution in [3.63, 3.8) is 0 Å². The van der Waals surface area contributed by atoms with E-state index >= 15 is 0 Å². The molecule has 0 radical (unpaired) electrons. The van der Waals surface area contributed by atoms with Gasteiger partial charge in [-0.1, -0.05) is 37.0 Å². The van der Waals surface area contributed by atoms with E-state index in [1.54, 1.807) is 12.1 Å². The van der Waals surface area contributed by atoms with Gasteiger partial charge in [0.15, 0.2) is 0 Å². The first-order chi connectivity index (χ1) is 7.41. The maximum absolute atomic E-state index is 9.65. The van der Waals surface area contributed by atoms with Crippen molar-refractivity contribution in [2.24, 2.45) is 5.41 Å². The molecule has 2 N–H and O–H groups in total. The van der Waals surface area contributed by atoms with Crippen molar-refractivity contribution < 1.29 is 5.11 Å². The van der Waals surface area contributed by atoms with E-state index in [1.165, 1.54) is 0 Å². The predicted molar refractivity (Wildman–Crippen MR) is 68.3 cm³/mol. The van der Waals surface area contributed by atoms with Gasteiger partial charge in [0.1, 0.15) is 0 Å². The Labute approximate surface area is 106 Å². The lowest BCUT2D eigenvalue weighted by atomic mass is 9.64. The summed E-state index contributed by atoms with van der Waals surface area (Å²) in [5, 5.41) is 14.3. The number of halogens is 2. The normalized spacial score (nSPS) is 27.3. The fraction of sp³-hybridized carbons (Fsp3) is 0.500.